The van der Waals surface area contributed by atoms with Gasteiger partial charge in [-0.2, -0.15) is 47.7 Å². The molecule has 1 unspecified atom stereocenters. The van der Waals surface area contributed by atoms with Crippen LogP contribution < -0.4 is 0 Å². The van der Waals surface area contributed by atoms with E-state index >= 15 is 0 Å². The summed E-state index contributed by atoms with van der Waals surface area (Å²) in [5.74, 6) is 1.11. The molecule has 13 heteroatoms. The largest absolute Gasteiger partial charge is 0.433 e. The lowest BCUT2D eigenvalue weighted by atomic mass is 10.3. The standard InChI is InChI=1S/C9H8F3N3S.C8H8F3NS.CH4.B/c1-16(15-6-13)5-7-2-3-8(14-4-7)9(10,11)12;1-13-5-6-2-3-7(12-4-6)8(9,10)11;;/h2-4H,5H2,1H3;2-4H,5H2,1H3;1H4;. The Morgan fingerprint density at radius 3 is 1.74 bits per heavy atom. The summed E-state index contributed by atoms with van der Waals surface area (Å²) in [6.07, 6.45) is -1.04. The van der Waals surface area contributed by atoms with Gasteiger partial charge in [0.25, 0.3) is 0 Å². The summed E-state index contributed by atoms with van der Waals surface area (Å²) in [5.41, 5.74) is -0.305. The number of alkyl halides is 6. The van der Waals surface area contributed by atoms with Crippen LogP contribution >= 0.6 is 11.8 Å². The second-order valence-corrected chi connectivity index (χ2v) is 8.01. The molecule has 0 N–H and O–H groups in total. The van der Waals surface area contributed by atoms with E-state index in [1.54, 1.807) is 24.2 Å². The quantitative estimate of drug-likeness (QED) is 0.318. The monoisotopic (exact) mass is 481 g/mol. The predicted octanol–water partition coefficient (Wildman–Crippen LogP) is 5.73. The first-order valence-corrected chi connectivity index (χ1v) is 10.9. The molecule has 0 bridgehead atoms. The van der Waals surface area contributed by atoms with E-state index in [9.17, 15) is 26.3 Å². The van der Waals surface area contributed by atoms with Gasteiger partial charge in [-0.05, 0) is 35.8 Å². The molecule has 2 aromatic rings. The Hall–Kier alpha value is -2.07. The molecule has 0 aliphatic carbocycles. The summed E-state index contributed by atoms with van der Waals surface area (Å²) in [6, 6.07) is 4.74. The lowest BCUT2D eigenvalue weighted by molar-refractivity contribution is -0.142. The lowest BCUT2D eigenvalue weighted by Crippen LogP contribution is -2.07. The molecular weight excluding hydrogens is 461 g/mol. The first kappa shape index (κ1) is 31.1. The van der Waals surface area contributed by atoms with Gasteiger partial charge >= 0.3 is 12.4 Å². The number of halogens is 6. The molecule has 3 radical (unpaired) electrons. The zero-order valence-corrected chi connectivity index (χ0v) is 17.5. The summed E-state index contributed by atoms with van der Waals surface area (Å²) in [6.45, 7) is 0. The summed E-state index contributed by atoms with van der Waals surface area (Å²) in [5, 5.41) is 8.29. The van der Waals surface area contributed by atoms with E-state index in [4.69, 9.17) is 5.26 Å². The highest BCUT2D eigenvalue weighted by molar-refractivity contribution is 7.97. The Morgan fingerprint density at radius 2 is 1.42 bits per heavy atom. The number of nitriles is 1. The average molecular weight is 481 g/mol. The minimum atomic E-state index is -4.41. The second-order valence-electron chi connectivity index (χ2n) is 5.47. The van der Waals surface area contributed by atoms with Crippen LogP contribution in [0.1, 0.15) is 29.9 Å². The van der Waals surface area contributed by atoms with Crippen molar-refractivity contribution in [1.29, 1.82) is 5.26 Å². The SMILES string of the molecule is C.CS(Cc1ccc(C(F)(F)F)nc1)=NC#N.CSCc1ccc(C(F)(F)F)nc1.[B]. The molecule has 0 saturated heterocycles. The van der Waals surface area contributed by atoms with Crippen LogP contribution in [-0.2, 0) is 34.5 Å². The third-order valence-corrected chi connectivity index (χ3v) is 4.88. The normalized spacial score (nSPS) is 11.8. The number of pyridine rings is 2. The summed E-state index contributed by atoms with van der Waals surface area (Å²) in [4.78, 5) is 6.65. The molecule has 0 aliphatic heterocycles. The van der Waals surface area contributed by atoms with Gasteiger partial charge in [-0.3, -0.25) is 9.97 Å². The van der Waals surface area contributed by atoms with Gasteiger partial charge in [-0.15, -0.1) is 0 Å². The zero-order chi connectivity index (χ0) is 22.1. The third kappa shape index (κ3) is 11.8. The number of thioether (sulfide) groups is 1. The van der Waals surface area contributed by atoms with E-state index in [1.807, 2.05) is 6.26 Å². The van der Waals surface area contributed by atoms with Crippen LogP contribution in [0.4, 0.5) is 26.3 Å². The minimum absolute atomic E-state index is 0. The highest BCUT2D eigenvalue weighted by Crippen LogP contribution is 2.28. The molecule has 0 amide bonds. The van der Waals surface area contributed by atoms with E-state index in [2.05, 4.69) is 14.3 Å². The number of aromatic nitrogens is 2. The van der Waals surface area contributed by atoms with Crippen molar-refractivity contribution in [3.05, 3.63) is 59.2 Å². The van der Waals surface area contributed by atoms with Crippen LogP contribution in [0, 0.1) is 11.5 Å². The molecule has 0 aliphatic rings. The van der Waals surface area contributed by atoms with Crippen molar-refractivity contribution >= 4 is 30.9 Å². The maximum absolute atomic E-state index is 12.2. The van der Waals surface area contributed by atoms with Crippen LogP contribution in [0.25, 0.3) is 0 Å². The molecular formula is C18H20BF6N4S2. The van der Waals surface area contributed by atoms with Gasteiger partial charge in [-0.25, -0.2) is 0 Å². The van der Waals surface area contributed by atoms with Gasteiger partial charge in [0.05, 0.1) is 0 Å². The Balaban J connectivity index is 0. The van der Waals surface area contributed by atoms with Crippen molar-refractivity contribution in [1.82, 2.24) is 9.97 Å². The van der Waals surface area contributed by atoms with Gasteiger partial charge in [0.2, 0.25) is 6.19 Å². The van der Waals surface area contributed by atoms with Crippen LogP contribution in [0.15, 0.2) is 41.0 Å². The molecule has 0 fully saturated rings. The van der Waals surface area contributed by atoms with Crippen molar-refractivity contribution in [3.63, 3.8) is 0 Å². The fourth-order valence-corrected chi connectivity index (χ4v) is 3.23. The van der Waals surface area contributed by atoms with Gasteiger partial charge < -0.3 is 0 Å². The van der Waals surface area contributed by atoms with Crippen LogP contribution in [0.5, 0.6) is 0 Å². The number of rotatable bonds is 4. The molecule has 0 spiro atoms. The van der Waals surface area contributed by atoms with Gasteiger partial charge in [0.15, 0.2) is 0 Å². The minimum Gasteiger partial charge on any atom is -0.251 e. The van der Waals surface area contributed by atoms with Crippen molar-refractivity contribution < 1.29 is 26.3 Å². The molecule has 4 nitrogen and oxygen atoms in total. The summed E-state index contributed by atoms with van der Waals surface area (Å²) >= 11 is 1.55. The van der Waals surface area contributed by atoms with Crippen LogP contribution in [0.3, 0.4) is 0 Å². The molecule has 2 heterocycles. The Bertz CT molecular complexity index is 848. The number of hydrogen-bond donors (Lipinski definition) is 0. The van der Waals surface area contributed by atoms with Crippen molar-refractivity contribution in [3.8, 4) is 6.19 Å². The van der Waals surface area contributed by atoms with Crippen molar-refractivity contribution in [2.24, 2.45) is 4.36 Å². The van der Waals surface area contributed by atoms with E-state index in [0.29, 0.717) is 17.1 Å². The number of nitrogens with zero attached hydrogens (tertiary/aromatic N) is 4. The lowest BCUT2D eigenvalue weighted by Gasteiger charge is -2.06. The molecule has 169 valence electrons. The predicted molar refractivity (Wildman–Crippen MR) is 113 cm³/mol. The van der Waals surface area contributed by atoms with Crippen LogP contribution in [-0.4, -0.2) is 30.9 Å². The molecule has 1 atom stereocenters. The fourth-order valence-electron chi connectivity index (χ4n) is 1.86. The van der Waals surface area contributed by atoms with Gasteiger partial charge in [0, 0.05) is 32.3 Å². The Morgan fingerprint density at radius 1 is 0.968 bits per heavy atom. The zero-order valence-electron chi connectivity index (χ0n) is 15.8. The number of hydrogen-bond acceptors (Lipinski definition) is 5. The molecule has 0 aromatic carbocycles. The highest BCUT2D eigenvalue weighted by atomic mass is 32.2. The fraction of sp³-hybridized carbons (Fsp3) is 0.389. The maximum atomic E-state index is 12.2. The van der Waals surface area contributed by atoms with Gasteiger partial charge in [-0.1, -0.05) is 30.3 Å². The van der Waals surface area contributed by atoms with Crippen molar-refractivity contribution in [2.45, 2.75) is 31.3 Å². The van der Waals surface area contributed by atoms with Crippen LogP contribution in [0.2, 0.25) is 0 Å². The molecule has 31 heavy (non-hydrogen) atoms. The topological polar surface area (TPSA) is 61.9 Å². The maximum Gasteiger partial charge on any atom is 0.433 e. The van der Waals surface area contributed by atoms with Crippen molar-refractivity contribution in [2.75, 3.05) is 12.5 Å². The Labute approximate surface area is 186 Å². The molecule has 2 rings (SSSR count). The average Bonchev–Trinajstić information content (AvgIpc) is 2.62. The highest BCUT2D eigenvalue weighted by Gasteiger charge is 2.32. The smallest absolute Gasteiger partial charge is 0.251 e. The second kappa shape index (κ2) is 14.1. The first-order valence-electron chi connectivity index (χ1n) is 7.73. The van der Waals surface area contributed by atoms with E-state index < -0.39 is 34.4 Å². The molecule has 0 saturated carbocycles. The Kier molecular flexibility index (Phi) is 14.1. The van der Waals surface area contributed by atoms with E-state index in [1.165, 1.54) is 24.5 Å². The summed E-state index contributed by atoms with van der Waals surface area (Å²) < 4.78 is 76.2. The summed E-state index contributed by atoms with van der Waals surface area (Å²) in [7, 11) is -0.506. The molecule has 2 aromatic heterocycles. The first-order chi connectivity index (χ1) is 13.5. The van der Waals surface area contributed by atoms with E-state index in [0.717, 1.165) is 17.7 Å². The van der Waals surface area contributed by atoms with Gasteiger partial charge in [0.1, 0.15) is 11.4 Å². The third-order valence-electron chi connectivity index (χ3n) is 3.11. The van der Waals surface area contributed by atoms with E-state index in [-0.39, 0.29) is 15.8 Å².